The average Bonchev–Trinajstić information content (AvgIpc) is 3.00. The minimum Gasteiger partial charge on any atom is -0.354 e. The van der Waals surface area contributed by atoms with Crippen molar-refractivity contribution in [1.29, 1.82) is 0 Å². The maximum Gasteiger partial charge on any atom is 0.262 e. The van der Waals surface area contributed by atoms with E-state index in [4.69, 9.17) is 0 Å². The molecule has 0 aromatic carbocycles. The van der Waals surface area contributed by atoms with Crippen LogP contribution in [0.4, 0.5) is 8.78 Å². The van der Waals surface area contributed by atoms with E-state index in [1.165, 1.54) is 25.7 Å². The van der Waals surface area contributed by atoms with Crippen LogP contribution in [-0.2, 0) is 4.79 Å². The highest BCUT2D eigenvalue weighted by atomic mass is 35.5. The van der Waals surface area contributed by atoms with Gasteiger partial charge in [-0.05, 0) is 37.0 Å². The highest BCUT2D eigenvalue weighted by Gasteiger charge is 2.43. The zero-order valence-corrected chi connectivity index (χ0v) is 11.6. The molecule has 2 bridgehead atoms. The molecule has 3 nitrogen and oxygen atoms in total. The Balaban J connectivity index is 0.00000133. The van der Waals surface area contributed by atoms with Crippen molar-refractivity contribution in [2.24, 2.45) is 17.8 Å². The van der Waals surface area contributed by atoms with Crippen LogP contribution in [0.3, 0.4) is 0 Å². The Morgan fingerprint density at radius 2 is 2.11 bits per heavy atom. The van der Waals surface area contributed by atoms with Crippen molar-refractivity contribution < 1.29 is 13.6 Å². The van der Waals surface area contributed by atoms with Crippen molar-refractivity contribution in [3.63, 3.8) is 0 Å². The minimum atomic E-state index is -2.73. The van der Waals surface area contributed by atoms with Gasteiger partial charge in [-0.1, -0.05) is 6.42 Å². The third-order valence-electron chi connectivity index (χ3n) is 4.85. The Kier molecular flexibility index (Phi) is 4.35. The van der Waals surface area contributed by atoms with Gasteiger partial charge in [0.2, 0.25) is 5.91 Å². The van der Waals surface area contributed by atoms with Crippen LogP contribution >= 0.6 is 12.4 Å². The van der Waals surface area contributed by atoms with Crippen LogP contribution in [0.15, 0.2) is 0 Å². The van der Waals surface area contributed by atoms with Crippen molar-refractivity contribution in [2.75, 3.05) is 13.1 Å². The molecule has 1 amide bonds. The van der Waals surface area contributed by atoms with Gasteiger partial charge in [0.05, 0.1) is 12.6 Å². The maximum absolute atomic E-state index is 13.0. The van der Waals surface area contributed by atoms with Crippen LogP contribution in [0.5, 0.6) is 0 Å². The first-order valence-corrected chi connectivity index (χ1v) is 6.92. The molecule has 6 heteroatoms. The van der Waals surface area contributed by atoms with Crippen LogP contribution in [0.2, 0.25) is 0 Å². The SMILES string of the molecule is Cl.O=C(NCC1CC2CCC1C2)C1CC(F)(F)CN1. The van der Waals surface area contributed by atoms with Gasteiger partial charge >= 0.3 is 0 Å². The highest BCUT2D eigenvalue weighted by Crippen LogP contribution is 2.47. The smallest absolute Gasteiger partial charge is 0.262 e. The number of halogens is 3. The lowest BCUT2D eigenvalue weighted by Crippen LogP contribution is -2.42. The zero-order valence-electron chi connectivity index (χ0n) is 10.8. The van der Waals surface area contributed by atoms with E-state index < -0.39 is 12.0 Å². The molecule has 3 rings (SSSR count). The van der Waals surface area contributed by atoms with Crippen LogP contribution < -0.4 is 10.6 Å². The molecule has 0 aromatic heterocycles. The van der Waals surface area contributed by atoms with Crippen molar-refractivity contribution in [1.82, 2.24) is 10.6 Å². The Bertz CT molecular complexity index is 354. The Hall–Kier alpha value is -0.420. The molecule has 110 valence electrons. The van der Waals surface area contributed by atoms with E-state index in [2.05, 4.69) is 10.6 Å². The molecule has 3 aliphatic rings. The molecular weight excluding hydrogens is 274 g/mol. The molecule has 1 saturated heterocycles. The number of alkyl halides is 2. The normalized spacial score (nSPS) is 39.1. The lowest BCUT2D eigenvalue weighted by molar-refractivity contribution is -0.123. The molecule has 1 heterocycles. The summed E-state index contributed by atoms with van der Waals surface area (Å²) in [5.41, 5.74) is 0. The molecule has 2 aliphatic carbocycles. The van der Waals surface area contributed by atoms with E-state index in [-0.39, 0.29) is 31.3 Å². The van der Waals surface area contributed by atoms with E-state index in [0.29, 0.717) is 12.5 Å². The summed E-state index contributed by atoms with van der Waals surface area (Å²) in [7, 11) is 0. The van der Waals surface area contributed by atoms with Crippen LogP contribution in [0.25, 0.3) is 0 Å². The fraction of sp³-hybridized carbons (Fsp3) is 0.923. The number of rotatable bonds is 3. The Morgan fingerprint density at radius 3 is 2.63 bits per heavy atom. The van der Waals surface area contributed by atoms with E-state index in [0.717, 1.165) is 11.8 Å². The quantitative estimate of drug-likeness (QED) is 0.835. The van der Waals surface area contributed by atoms with Gasteiger partial charge in [0.1, 0.15) is 0 Å². The highest BCUT2D eigenvalue weighted by molar-refractivity contribution is 5.85. The molecule has 2 saturated carbocycles. The van der Waals surface area contributed by atoms with E-state index in [1.807, 2.05) is 0 Å². The summed E-state index contributed by atoms with van der Waals surface area (Å²) in [5, 5.41) is 5.45. The van der Waals surface area contributed by atoms with Crippen molar-refractivity contribution in [2.45, 2.75) is 44.1 Å². The number of hydrogen-bond donors (Lipinski definition) is 2. The lowest BCUT2D eigenvalue weighted by Gasteiger charge is -2.22. The third-order valence-corrected chi connectivity index (χ3v) is 4.85. The second-order valence-corrected chi connectivity index (χ2v) is 6.17. The van der Waals surface area contributed by atoms with Crippen molar-refractivity contribution in [3.8, 4) is 0 Å². The number of hydrogen-bond acceptors (Lipinski definition) is 2. The molecule has 1 aliphatic heterocycles. The summed E-state index contributed by atoms with van der Waals surface area (Å²) in [6.07, 6.45) is 4.77. The minimum absolute atomic E-state index is 0. The molecule has 0 aromatic rings. The summed E-state index contributed by atoms with van der Waals surface area (Å²) in [4.78, 5) is 11.8. The number of nitrogens with one attached hydrogen (secondary N) is 2. The third kappa shape index (κ3) is 3.19. The second kappa shape index (κ2) is 5.52. The molecule has 4 unspecified atom stereocenters. The summed E-state index contributed by atoms with van der Waals surface area (Å²) < 4.78 is 26.0. The molecule has 4 atom stereocenters. The topological polar surface area (TPSA) is 41.1 Å². The van der Waals surface area contributed by atoms with E-state index >= 15 is 0 Å². The van der Waals surface area contributed by atoms with Crippen LogP contribution in [0.1, 0.15) is 32.1 Å². The Labute approximate surface area is 118 Å². The molecule has 3 fully saturated rings. The average molecular weight is 295 g/mol. The standard InChI is InChI=1S/C13H20F2N2O.ClH/c14-13(15)5-11(17-7-13)12(18)16-6-10-4-8-1-2-9(10)3-8;/h8-11,17H,1-7H2,(H,16,18);1H. The van der Waals surface area contributed by atoms with Crippen molar-refractivity contribution in [3.05, 3.63) is 0 Å². The predicted molar refractivity (Wildman–Crippen MR) is 70.6 cm³/mol. The molecule has 0 spiro atoms. The largest absolute Gasteiger partial charge is 0.354 e. The van der Waals surface area contributed by atoms with Crippen LogP contribution in [-0.4, -0.2) is 31.0 Å². The monoisotopic (exact) mass is 294 g/mol. The second-order valence-electron chi connectivity index (χ2n) is 6.17. The summed E-state index contributed by atoms with van der Waals surface area (Å²) in [5.74, 6) is -0.794. The van der Waals surface area contributed by atoms with Gasteiger partial charge in [-0.15, -0.1) is 12.4 Å². The zero-order chi connectivity index (χ0) is 12.8. The first-order valence-electron chi connectivity index (χ1n) is 6.92. The van der Waals surface area contributed by atoms with Crippen molar-refractivity contribution >= 4 is 18.3 Å². The lowest BCUT2D eigenvalue weighted by atomic mass is 9.89. The van der Waals surface area contributed by atoms with Gasteiger partial charge in [-0.25, -0.2) is 8.78 Å². The fourth-order valence-corrected chi connectivity index (χ4v) is 3.88. The van der Waals surface area contributed by atoms with Gasteiger partial charge in [0, 0.05) is 13.0 Å². The van der Waals surface area contributed by atoms with Crippen LogP contribution in [0, 0.1) is 17.8 Å². The van der Waals surface area contributed by atoms with Gasteiger partial charge in [0.15, 0.2) is 0 Å². The number of carbonyl (C=O) groups is 1. The maximum atomic E-state index is 13.0. The summed E-state index contributed by atoms with van der Waals surface area (Å²) >= 11 is 0. The van der Waals surface area contributed by atoms with Gasteiger partial charge in [-0.3, -0.25) is 10.1 Å². The molecule has 2 N–H and O–H groups in total. The summed E-state index contributed by atoms with van der Waals surface area (Å²) in [6.45, 7) is 0.295. The first-order chi connectivity index (χ1) is 8.53. The van der Waals surface area contributed by atoms with E-state index in [1.54, 1.807) is 0 Å². The molecular formula is C13H21ClF2N2O. The summed E-state index contributed by atoms with van der Waals surface area (Å²) in [6, 6.07) is -0.710. The molecule has 19 heavy (non-hydrogen) atoms. The predicted octanol–water partition coefficient (Wildman–Crippen LogP) is 1.96. The first kappa shape index (κ1) is 15.0. The van der Waals surface area contributed by atoms with Gasteiger partial charge in [-0.2, -0.15) is 0 Å². The molecule has 0 radical (unpaired) electrons. The number of fused-ring (bicyclic) bond motifs is 2. The number of carbonyl (C=O) groups excluding carboxylic acids is 1. The fourth-order valence-electron chi connectivity index (χ4n) is 3.88. The Morgan fingerprint density at radius 1 is 1.32 bits per heavy atom. The van der Waals surface area contributed by atoms with E-state index in [9.17, 15) is 13.6 Å². The van der Waals surface area contributed by atoms with Gasteiger partial charge in [0.25, 0.3) is 5.92 Å². The number of amides is 1. The van der Waals surface area contributed by atoms with Gasteiger partial charge < -0.3 is 5.32 Å².